The number of esters is 1. The first kappa shape index (κ1) is 31.9. The van der Waals surface area contributed by atoms with Crippen LogP contribution in [0.15, 0.2) is 46.8 Å². The van der Waals surface area contributed by atoms with Gasteiger partial charge in [-0.2, -0.15) is 0 Å². The Morgan fingerprint density at radius 1 is 1.11 bits per heavy atom. The molecule has 3 aromatic rings. The van der Waals surface area contributed by atoms with Gasteiger partial charge in [-0.15, -0.1) is 22.7 Å². The number of benzene rings is 1. The first-order valence-corrected chi connectivity index (χ1v) is 16.9. The van der Waals surface area contributed by atoms with E-state index in [2.05, 4.69) is 35.2 Å². The van der Waals surface area contributed by atoms with Gasteiger partial charge >= 0.3 is 12.1 Å². The van der Waals surface area contributed by atoms with Crippen LogP contribution in [-0.2, 0) is 14.2 Å². The summed E-state index contributed by atoms with van der Waals surface area (Å²) in [4.78, 5) is 45.8. The molecule has 3 heterocycles. The van der Waals surface area contributed by atoms with Gasteiger partial charge in [0.15, 0.2) is 0 Å². The molecule has 1 unspecified atom stereocenters. The molecular weight excluding hydrogens is 599 g/mol. The average Bonchev–Trinajstić information content (AvgIpc) is 3.69. The second kappa shape index (κ2) is 14.5. The van der Waals surface area contributed by atoms with E-state index >= 15 is 0 Å². The van der Waals surface area contributed by atoms with Gasteiger partial charge in [-0.3, -0.25) is 4.79 Å². The molecule has 0 saturated heterocycles. The largest absolute Gasteiger partial charge is 0.511 e. The molecule has 1 N–H and O–H groups in total. The fourth-order valence-corrected chi connectivity index (χ4v) is 7.49. The van der Waals surface area contributed by atoms with Crippen LogP contribution in [0.25, 0.3) is 16.0 Å². The summed E-state index contributed by atoms with van der Waals surface area (Å²) in [6.45, 7) is 7.45. The minimum absolute atomic E-state index is 0.163. The molecule has 0 spiro atoms. The SMILES string of the molecule is CCOC(=O)OC(C)OC(=O)c1sc(-c2ccc(NC(=O)c3cscn3)cc2)cc1C1=C(C2CCC(C)CC2)CN(C)CC1. The van der Waals surface area contributed by atoms with E-state index in [0.717, 1.165) is 54.3 Å². The monoisotopic (exact) mass is 637 g/mol. The third-order valence-electron chi connectivity index (χ3n) is 8.21. The highest BCUT2D eigenvalue weighted by molar-refractivity contribution is 7.17. The van der Waals surface area contributed by atoms with Gasteiger partial charge in [-0.05, 0) is 80.0 Å². The summed E-state index contributed by atoms with van der Waals surface area (Å²) < 4.78 is 15.6. The molecule has 2 aliphatic rings. The number of amides is 1. The number of nitrogens with one attached hydrogen (secondary N) is 1. The fraction of sp³-hybridized carbons (Fsp3) is 0.455. The van der Waals surface area contributed by atoms with Crippen LogP contribution in [0.3, 0.4) is 0 Å². The molecule has 1 aliphatic heterocycles. The zero-order valence-electron chi connectivity index (χ0n) is 25.6. The van der Waals surface area contributed by atoms with Crippen molar-refractivity contribution in [1.82, 2.24) is 9.88 Å². The lowest BCUT2D eigenvalue weighted by atomic mass is 9.75. The molecule has 0 bridgehead atoms. The molecule has 44 heavy (non-hydrogen) atoms. The minimum atomic E-state index is -1.11. The number of thiazole rings is 1. The van der Waals surface area contributed by atoms with E-state index in [1.165, 1.54) is 53.6 Å². The number of likely N-dealkylation sites (N-methyl/N-ethyl adjacent to an activating group) is 1. The van der Waals surface area contributed by atoms with Crippen molar-refractivity contribution in [2.75, 3.05) is 32.1 Å². The first-order valence-electron chi connectivity index (χ1n) is 15.1. The van der Waals surface area contributed by atoms with Crippen LogP contribution in [0.4, 0.5) is 10.5 Å². The zero-order valence-corrected chi connectivity index (χ0v) is 27.2. The van der Waals surface area contributed by atoms with Crippen LogP contribution in [-0.4, -0.2) is 60.9 Å². The predicted octanol–water partition coefficient (Wildman–Crippen LogP) is 7.72. The number of carbonyl (C=O) groups excluding carboxylic acids is 3. The van der Waals surface area contributed by atoms with E-state index in [4.69, 9.17) is 14.2 Å². The lowest BCUT2D eigenvalue weighted by Crippen LogP contribution is -2.32. The highest BCUT2D eigenvalue weighted by Crippen LogP contribution is 2.44. The van der Waals surface area contributed by atoms with Gasteiger partial charge in [0.25, 0.3) is 5.91 Å². The number of anilines is 1. The summed E-state index contributed by atoms with van der Waals surface area (Å²) in [6.07, 6.45) is 3.59. The molecule has 11 heteroatoms. The quantitative estimate of drug-likeness (QED) is 0.188. The van der Waals surface area contributed by atoms with E-state index in [0.29, 0.717) is 22.2 Å². The van der Waals surface area contributed by atoms with Crippen molar-refractivity contribution in [3.05, 3.63) is 62.9 Å². The molecule has 1 aliphatic carbocycles. The summed E-state index contributed by atoms with van der Waals surface area (Å²) >= 11 is 2.73. The maximum absolute atomic E-state index is 13.7. The minimum Gasteiger partial charge on any atom is -0.435 e. The molecule has 2 aromatic heterocycles. The normalized spacial score (nSPS) is 19.7. The van der Waals surface area contributed by atoms with Gasteiger partial charge < -0.3 is 24.4 Å². The fourth-order valence-electron chi connectivity index (χ4n) is 5.88. The maximum Gasteiger partial charge on any atom is 0.511 e. The molecule has 0 radical (unpaired) electrons. The van der Waals surface area contributed by atoms with E-state index in [9.17, 15) is 14.4 Å². The molecule has 1 fully saturated rings. The predicted molar refractivity (Wildman–Crippen MR) is 173 cm³/mol. The second-order valence-electron chi connectivity index (χ2n) is 11.5. The topological polar surface area (TPSA) is 107 Å². The second-order valence-corrected chi connectivity index (χ2v) is 13.3. The third-order valence-corrected chi connectivity index (χ3v) is 9.96. The summed E-state index contributed by atoms with van der Waals surface area (Å²) in [5.74, 6) is 0.427. The van der Waals surface area contributed by atoms with Crippen molar-refractivity contribution in [2.24, 2.45) is 11.8 Å². The van der Waals surface area contributed by atoms with Gasteiger partial charge in [0.2, 0.25) is 6.29 Å². The lowest BCUT2D eigenvalue weighted by molar-refractivity contribution is -0.0809. The molecular formula is C33H39N3O6S2. The van der Waals surface area contributed by atoms with E-state index in [1.807, 2.05) is 24.3 Å². The van der Waals surface area contributed by atoms with Gasteiger partial charge in [-0.25, -0.2) is 14.6 Å². The van der Waals surface area contributed by atoms with Crippen LogP contribution in [0, 0.1) is 11.8 Å². The molecule has 9 nitrogen and oxygen atoms in total. The number of hydrogen-bond donors (Lipinski definition) is 1. The summed E-state index contributed by atoms with van der Waals surface area (Å²) in [7, 11) is 2.15. The van der Waals surface area contributed by atoms with Gasteiger partial charge in [0.05, 0.1) is 12.1 Å². The van der Waals surface area contributed by atoms with Crippen molar-refractivity contribution in [1.29, 1.82) is 0 Å². The van der Waals surface area contributed by atoms with Crippen LogP contribution in [0.2, 0.25) is 0 Å². The Morgan fingerprint density at radius 2 is 1.86 bits per heavy atom. The van der Waals surface area contributed by atoms with Gasteiger partial charge in [-0.1, -0.05) is 31.9 Å². The van der Waals surface area contributed by atoms with E-state index in [-0.39, 0.29) is 12.5 Å². The zero-order chi connectivity index (χ0) is 31.2. The number of aromatic nitrogens is 1. The van der Waals surface area contributed by atoms with Crippen molar-refractivity contribution in [3.63, 3.8) is 0 Å². The van der Waals surface area contributed by atoms with Crippen molar-refractivity contribution >= 4 is 52.0 Å². The Morgan fingerprint density at radius 3 is 2.55 bits per heavy atom. The number of thiophene rings is 1. The molecule has 1 amide bonds. The summed E-state index contributed by atoms with van der Waals surface area (Å²) in [5, 5.41) is 4.58. The van der Waals surface area contributed by atoms with Crippen molar-refractivity contribution in [3.8, 4) is 10.4 Å². The third kappa shape index (κ3) is 7.75. The Hall–Kier alpha value is -3.54. The van der Waals surface area contributed by atoms with Crippen molar-refractivity contribution in [2.45, 2.75) is 59.2 Å². The van der Waals surface area contributed by atoms with Crippen LogP contribution in [0.5, 0.6) is 0 Å². The summed E-state index contributed by atoms with van der Waals surface area (Å²) in [5.41, 5.74) is 7.10. The highest BCUT2D eigenvalue weighted by Gasteiger charge is 2.31. The molecule has 5 rings (SSSR count). The van der Waals surface area contributed by atoms with Gasteiger partial charge in [0.1, 0.15) is 10.6 Å². The number of rotatable bonds is 9. The smallest absolute Gasteiger partial charge is 0.435 e. The number of ether oxygens (including phenoxy) is 3. The Kier molecular flexibility index (Phi) is 10.5. The highest BCUT2D eigenvalue weighted by atomic mass is 32.1. The molecule has 234 valence electrons. The first-order chi connectivity index (χ1) is 21.2. The Labute approximate surface area is 266 Å². The van der Waals surface area contributed by atoms with Crippen LogP contribution >= 0.6 is 22.7 Å². The summed E-state index contributed by atoms with van der Waals surface area (Å²) in [6, 6.07) is 9.64. The van der Waals surface area contributed by atoms with E-state index < -0.39 is 18.4 Å². The number of hydrogen-bond acceptors (Lipinski definition) is 10. The van der Waals surface area contributed by atoms with E-state index in [1.54, 1.807) is 17.8 Å². The maximum atomic E-state index is 13.7. The van der Waals surface area contributed by atoms with Gasteiger partial charge in [0, 0.05) is 41.5 Å². The van der Waals surface area contributed by atoms with Crippen molar-refractivity contribution < 1.29 is 28.6 Å². The number of nitrogens with zero attached hydrogens (tertiary/aromatic N) is 2. The molecule has 1 atom stereocenters. The Balaban J connectivity index is 1.47. The number of carbonyl (C=O) groups is 3. The molecule has 1 aromatic carbocycles. The Bertz CT molecular complexity index is 1490. The standard InChI is InChI=1S/C33H39N3O6S2/c1-5-40-33(39)42-21(3)41-32(38)30-26(25-14-15-36(4)17-27(25)22-8-6-20(2)7-9-22)16-29(44-30)23-10-12-24(13-11-23)35-31(37)28-18-43-19-34-28/h10-13,16,18-22H,5-9,14-15,17H2,1-4H3,(H,35,37). The lowest BCUT2D eigenvalue weighted by Gasteiger charge is -2.35. The van der Waals surface area contributed by atoms with Crippen LogP contribution in [0.1, 0.15) is 78.6 Å². The van der Waals surface area contributed by atoms with Crippen LogP contribution < -0.4 is 5.32 Å². The molecule has 1 saturated carbocycles. The average molecular weight is 638 g/mol.